The maximum Gasteiger partial charge on any atom is 0.267 e. The number of morpholine rings is 1. The van der Waals surface area contributed by atoms with Crippen molar-refractivity contribution in [3.63, 3.8) is 0 Å². The van der Waals surface area contributed by atoms with Crippen molar-refractivity contribution in [3.8, 4) is 0 Å². The number of hydrogen-bond donors (Lipinski definition) is 1. The van der Waals surface area contributed by atoms with Gasteiger partial charge >= 0.3 is 0 Å². The normalized spacial score (nSPS) is 14.2. The van der Waals surface area contributed by atoms with Crippen LogP contribution >= 0.6 is 22.7 Å². The summed E-state index contributed by atoms with van der Waals surface area (Å²) >= 11 is 3.10. The lowest BCUT2D eigenvalue weighted by atomic mass is 10.2. The molecule has 2 aromatic carbocycles. The van der Waals surface area contributed by atoms with Crippen molar-refractivity contribution in [2.75, 3.05) is 36.5 Å². The van der Waals surface area contributed by atoms with E-state index in [1.807, 2.05) is 43.3 Å². The molecule has 8 heteroatoms. The molecule has 0 radical (unpaired) electrons. The summed E-state index contributed by atoms with van der Waals surface area (Å²) in [5, 5.41) is 4.99. The first kappa shape index (κ1) is 20.1. The van der Waals surface area contributed by atoms with E-state index in [1.165, 1.54) is 16.9 Å². The number of nitrogens with one attached hydrogen (secondary N) is 1. The molecule has 6 nitrogen and oxygen atoms in total. The van der Waals surface area contributed by atoms with Crippen LogP contribution in [0.25, 0.3) is 10.2 Å². The molecule has 1 saturated heterocycles. The number of hydrogen-bond acceptors (Lipinski definition) is 7. The van der Waals surface area contributed by atoms with Gasteiger partial charge in [0.05, 0.1) is 34.1 Å². The van der Waals surface area contributed by atoms with E-state index in [1.54, 1.807) is 11.3 Å². The van der Waals surface area contributed by atoms with Gasteiger partial charge < -0.3 is 15.0 Å². The molecule has 4 aromatic rings. The first-order chi connectivity index (χ1) is 15.2. The Morgan fingerprint density at radius 3 is 2.71 bits per heavy atom. The zero-order chi connectivity index (χ0) is 21.2. The van der Waals surface area contributed by atoms with Gasteiger partial charge in [-0.05, 0) is 30.7 Å². The third kappa shape index (κ3) is 4.46. The number of ether oxygens (including phenoxy) is 1. The number of nitrogens with zero attached hydrogens (tertiary/aromatic N) is 3. The van der Waals surface area contributed by atoms with Gasteiger partial charge in [0.15, 0.2) is 5.13 Å². The Hall–Kier alpha value is -2.81. The van der Waals surface area contributed by atoms with Gasteiger partial charge in [0.25, 0.3) is 5.91 Å². The highest BCUT2D eigenvalue weighted by molar-refractivity contribution is 7.22. The molecular weight excluding hydrogens is 428 g/mol. The summed E-state index contributed by atoms with van der Waals surface area (Å²) in [6, 6.07) is 16.1. The molecule has 0 aliphatic carbocycles. The van der Waals surface area contributed by atoms with Crippen LogP contribution in [0.3, 0.4) is 0 Å². The van der Waals surface area contributed by atoms with Crippen LogP contribution in [0.4, 0.5) is 10.8 Å². The topological polar surface area (TPSA) is 67.4 Å². The van der Waals surface area contributed by atoms with Crippen molar-refractivity contribution in [2.45, 2.75) is 13.3 Å². The maximum absolute atomic E-state index is 12.9. The van der Waals surface area contributed by atoms with Crippen LogP contribution < -0.4 is 10.2 Å². The van der Waals surface area contributed by atoms with Crippen LogP contribution in [-0.4, -0.2) is 42.2 Å². The van der Waals surface area contributed by atoms with Gasteiger partial charge in [0.1, 0.15) is 4.88 Å². The molecule has 1 amide bonds. The molecule has 5 rings (SSSR count). The molecule has 0 bridgehead atoms. The molecule has 1 aliphatic rings. The number of carbonyl (C=O) groups is 1. The molecule has 1 N–H and O–H groups in total. The van der Waals surface area contributed by atoms with Crippen molar-refractivity contribution in [3.05, 3.63) is 69.7 Å². The molecule has 3 heterocycles. The molecule has 2 aromatic heterocycles. The van der Waals surface area contributed by atoms with Gasteiger partial charge in [0, 0.05) is 25.2 Å². The summed E-state index contributed by atoms with van der Waals surface area (Å²) in [6.45, 7) is 5.08. The number of aryl methyl sites for hydroxylation is 1. The van der Waals surface area contributed by atoms with Crippen LogP contribution in [0.2, 0.25) is 0 Å². The Kier molecular flexibility index (Phi) is 5.67. The molecule has 31 heavy (non-hydrogen) atoms. The number of thiazole rings is 2. The molecule has 0 saturated carbocycles. The highest BCUT2D eigenvalue weighted by Crippen LogP contribution is 2.31. The summed E-state index contributed by atoms with van der Waals surface area (Å²) in [4.78, 5) is 25.2. The predicted molar refractivity (Wildman–Crippen MR) is 127 cm³/mol. The van der Waals surface area contributed by atoms with Crippen LogP contribution in [0.15, 0.2) is 48.5 Å². The van der Waals surface area contributed by atoms with E-state index in [4.69, 9.17) is 9.72 Å². The quantitative estimate of drug-likeness (QED) is 0.476. The fourth-order valence-corrected chi connectivity index (χ4v) is 5.63. The average Bonchev–Trinajstić information content (AvgIpc) is 3.38. The Morgan fingerprint density at radius 2 is 1.90 bits per heavy atom. The largest absolute Gasteiger partial charge is 0.378 e. The second-order valence-corrected chi connectivity index (χ2v) is 9.51. The van der Waals surface area contributed by atoms with Gasteiger partial charge in [-0.1, -0.05) is 41.7 Å². The number of anilines is 2. The Labute approximate surface area is 188 Å². The lowest BCUT2D eigenvalue weighted by Crippen LogP contribution is -2.36. The highest BCUT2D eigenvalue weighted by Gasteiger charge is 2.18. The van der Waals surface area contributed by atoms with Gasteiger partial charge in [-0.15, -0.1) is 11.3 Å². The van der Waals surface area contributed by atoms with Gasteiger partial charge in [0.2, 0.25) is 0 Å². The van der Waals surface area contributed by atoms with E-state index < -0.39 is 0 Å². The lowest BCUT2D eigenvalue weighted by molar-refractivity contribution is 0.103. The average molecular weight is 451 g/mol. The molecule has 0 atom stereocenters. The molecule has 0 unspecified atom stereocenters. The summed E-state index contributed by atoms with van der Waals surface area (Å²) in [5.41, 5.74) is 3.67. The first-order valence-electron chi connectivity index (χ1n) is 10.2. The smallest absolute Gasteiger partial charge is 0.267 e. The lowest BCUT2D eigenvalue weighted by Gasteiger charge is -2.25. The van der Waals surface area contributed by atoms with Gasteiger partial charge in [-0.3, -0.25) is 4.79 Å². The van der Waals surface area contributed by atoms with E-state index in [-0.39, 0.29) is 5.91 Å². The molecule has 0 spiro atoms. The number of benzene rings is 2. The summed E-state index contributed by atoms with van der Waals surface area (Å²) in [5.74, 6) is -0.119. The van der Waals surface area contributed by atoms with E-state index >= 15 is 0 Å². The van der Waals surface area contributed by atoms with Crippen LogP contribution in [-0.2, 0) is 11.2 Å². The highest BCUT2D eigenvalue weighted by atomic mass is 32.1. The maximum atomic E-state index is 12.9. The standard InChI is InChI=1S/C23H22N4O2S2/c1-15-21(31-20(24-15)13-16-5-3-2-4-6-16)22(28)25-17-7-8-18-19(14-17)30-23(26-18)27-9-11-29-12-10-27/h2-8,14H,9-13H2,1H3,(H,25,28). The van der Waals surface area contributed by atoms with Crippen molar-refractivity contribution in [1.82, 2.24) is 9.97 Å². The molecule has 1 fully saturated rings. The number of carbonyl (C=O) groups excluding carboxylic acids is 1. The fourth-order valence-electron chi connectivity index (χ4n) is 3.58. The number of fused-ring (bicyclic) bond motifs is 1. The second-order valence-electron chi connectivity index (χ2n) is 7.42. The first-order valence-corrected chi connectivity index (χ1v) is 11.8. The third-order valence-electron chi connectivity index (χ3n) is 5.16. The summed E-state index contributed by atoms with van der Waals surface area (Å²) in [7, 11) is 0. The van der Waals surface area contributed by atoms with E-state index in [0.717, 1.165) is 64.5 Å². The minimum Gasteiger partial charge on any atom is -0.378 e. The minimum absolute atomic E-state index is 0.119. The molecule has 1 aliphatic heterocycles. The van der Waals surface area contributed by atoms with Crippen LogP contribution in [0.1, 0.15) is 25.9 Å². The second kappa shape index (κ2) is 8.74. The van der Waals surface area contributed by atoms with E-state index in [2.05, 4.69) is 27.3 Å². The van der Waals surface area contributed by atoms with Crippen LogP contribution in [0.5, 0.6) is 0 Å². The zero-order valence-electron chi connectivity index (χ0n) is 17.1. The monoisotopic (exact) mass is 450 g/mol. The van der Waals surface area contributed by atoms with Crippen molar-refractivity contribution in [2.24, 2.45) is 0 Å². The van der Waals surface area contributed by atoms with Gasteiger partial charge in [-0.2, -0.15) is 0 Å². The van der Waals surface area contributed by atoms with Crippen molar-refractivity contribution < 1.29 is 9.53 Å². The number of aromatic nitrogens is 2. The Bertz CT molecular complexity index is 1210. The summed E-state index contributed by atoms with van der Waals surface area (Å²) in [6.07, 6.45) is 0.733. The molecule has 158 valence electrons. The number of rotatable bonds is 5. The fraction of sp³-hybridized carbons (Fsp3) is 0.261. The van der Waals surface area contributed by atoms with Crippen LogP contribution in [0, 0.1) is 6.92 Å². The molecular formula is C23H22N4O2S2. The SMILES string of the molecule is Cc1nc(Cc2ccccc2)sc1C(=O)Nc1ccc2nc(N3CCOCC3)sc2c1. The van der Waals surface area contributed by atoms with E-state index in [0.29, 0.717) is 4.88 Å². The van der Waals surface area contributed by atoms with Crippen molar-refractivity contribution in [1.29, 1.82) is 0 Å². The minimum atomic E-state index is -0.119. The van der Waals surface area contributed by atoms with E-state index in [9.17, 15) is 4.79 Å². The predicted octanol–water partition coefficient (Wildman–Crippen LogP) is 4.74. The third-order valence-corrected chi connectivity index (χ3v) is 7.40. The Morgan fingerprint density at radius 1 is 1.10 bits per heavy atom. The zero-order valence-corrected chi connectivity index (χ0v) is 18.8. The van der Waals surface area contributed by atoms with Crippen molar-refractivity contribution >= 4 is 49.6 Å². The Balaban J connectivity index is 1.31. The summed E-state index contributed by atoms with van der Waals surface area (Å²) < 4.78 is 6.49. The van der Waals surface area contributed by atoms with Gasteiger partial charge in [-0.25, -0.2) is 9.97 Å². The number of amides is 1.